The summed E-state index contributed by atoms with van der Waals surface area (Å²) in [4.78, 5) is 6.88. The van der Waals surface area contributed by atoms with E-state index in [0.717, 1.165) is 0 Å². The first-order chi connectivity index (χ1) is 7.05. The number of alkyl halides is 2. The number of halogens is 2. The summed E-state index contributed by atoms with van der Waals surface area (Å²) in [5, 5.41) is 0.678. The molecule has 2 aromatic heterocycles. The van der Waals surface area contributed by atoms with Gasteiger partial charge < -0.3 is 10.7 Å². The third kappa shape index (κ3) is 0.982. The van der Waals surface area contributed by atoms with Gasteiger partial charge in [-0.05, 0) is 12.1 Å². The van der Waals surface area contributed by atoms with E-state index in [1.165, 1.54) is 6.20 Å². The highest BCUT2D eigenvalue weighted by Gasteiger charge is 2.70. The van der Waals surface area contributed by atoms with Crippen LogP contribution >= 0.6 is 0 Å². The maximum atomic E-state index is 13.1. The first-order valence-corrected chi connectivity index (χ1v) is 4.64. The summed E-state index contributed by atoms with van der Waals surface area (Å²) >= 11 is 0. The second kappa shape index (κ2) is 2.36. The van der Waals surface area contributed by atoms with Crippen molar-refractivity contribution in [3.8, 4) is 0 Å². The van der Waals surface area contributed by atoms with Crippen molar-refractivity contribution in [1.29, 1.82) is 0 Å². The number of aromatic nitrogens is 2. The van der Waals surface area contributed by atoms with Crippen LogP contribution in [0.3, 0.4) is 0 Å². The summed E-state index contributed by atoms with van der Waals surface area (Å²) in [5.41, 5.74) is 5.20. The van der Waals surface area contributed by atoms with Gasteiger partial charge in [-0.25, -0.2) is 13.8 Å². The standard InChI is InChI=1S/C10H9F2N3/c11-10(12)5-9(10,13)7-4-15-8-6(7)2-1-3-14-8/h1-4H,5,13H2,(H,14,15). The number of pyridine rings is 1. The molecular weight excluding hydrogens is 200 g/mol. The molecule has 1 aliphatic carbocycles. The van der Waals surface area contributed by atoms with Gasteiger partial charge in [0.05, 0.1) is 0 Å². The highest BCUT2D eigenvalue weighted by atomic mass is 19.3. The van der Waals surface area contributed by atoms with Crippen molar-refractivity contribution >= 4 is 11.0 Å². The minimum Gasteiger partial charge on any atom is -0.346 e. The second-order valence-electron chi connectivity index (χ2n) is 3.95. The molecule has 1 unspecified atom stereocenters. The van der Waals surface area contributed by atoms with Crippen molar-refractivity contribution in [2.45, 2.75) is 17.9 Å². The fourth-order valence-electron chi connectivity index (χ4n) is 1.92. The molecule has 1 fully saturated rings. The molecule has 3 rings (SSSR count). The third-order valence-electron chi connectivity index (χ3n) is 2.96. The lowest BCUT2D eigenvalue weighted by molar-refractivity contribution is 0.0894. The van der Waals surface area contributed by atoms with E-state index in [0.29, 0.717) is 16.6 Å². The zero-order chi connectivity index (χ0) is 10.7. The number of rotatable bonds is 1. The fourth-order valence-corrected chi connectivity index (χ4v) is 1.92. The van der Waals surface area contributed by atoms with E-state index in [-0.39, 0.29) is 6.42 Å². The van der Waals surface area contributed by atoms with Crippen LogP contribution in [0.2, 0.25) is 0 Å². The minimum atomic E-state index is -2.79. The Morgan fingerprint density at radius 3 is 2.87 bits per heavy atom. The van der Waals surface area contributed by atoms with E-state index in [1.54, 1.807) is 18.3 Å². The molecule has 0 bridgehead atoms. The van der Waals surface area contributed by atoms with Crippen LogP contribution in [0.4, 0.5) is 8.78 Å². The van der Waals surface area contributed by atoms with Crippen molar-refractivity contribution in [3.05, 3.63) is 30.1 Å². The lowest BCUT2D eigenvalue weighted by atomic mass is 10.1. The highest BCUT2D eigenvalue weighted by Crippen LogP contribution is 2.58. The van der Waals surface area contributed by atoms with E-state index < -0.39 is 11.5 Å². The predicted octanol–water partition coefficient (Wildman–Crippen LogP) is 1.76. The zero-order valence-corrected chi connectivity index (χ0v) is 7.80. The number of hydrogen-bond donors (Lipinski definition) is 2. The van der Waals surface area contributed by atoms with Crippen molar-refractivity contribution in [2.75, 3.05) is 0 Å². The maximum Gasteiger partial charge on any atom is 0.272 e. The zero-order valence-electron chi connectivity index (χ0n) is 7.80. The van der Waals surface area contributed by atoms with Gasteiger partial charge in [-0.15, -0.1) is 0 Å². The van der Waals surface area contributed by atoms with Crippen LogP contribution in [0.25, 0.3) is 11.0 Å². The predicted molar refractivity (Wildman–Crippen MR) is 51.5 cm³/mol. The quantitative estimate of drug-likeness (QED) is 0.751. The molecule has 0 saturated heterocycles. The topological polar surface area (TPSA) is 54.7 Å². The molecule has 0 spiro atoms. The van der Waals surface area contributed by atoms with E-state index in [2.05, 4.69) is 9.97 Å². The van der Waals surface area contributed by atoms with Gasteiger partial charge in [-0.2, -0.15) is 0 Å². The first kappa shape index (κ1) is 8.79. The van der Waals surface area contributed by atoms with E-state index in [1.807, 2.05) is 0 Å². The lowest BCUT2D eigenvalue weighted by Crippen LogP contribution is -2.26. The highest BCUT2D eigenvalue weighted by molar-refractivity contribution is 5.81. The summed E-state index contributed by atoms with van der Waals surface area (Å²) in [7, 11) is 0. The van der Waals surface area contributed by atoms with Crippen LogP contribution in [0.5, 0.6) is 0 Å². The van der Waals surface area contributed by atoms with E-state index in [4.69, 9.17) is 5.73 Å². The molecule has 2 heterocycles. The molecule has 1 saturated carbocycles. The van der Waals surface area contributed by atoms with Crippen LogP contribution in [-0.2, 0) is 5.54 Å². The first-order valence-electron chi connectivity index (χ1n) is 4.64. The van der Waals surface area contributed by atoms with Gasteiger partial charge in [0.15, 0.2) is 0 Å². The van der Waals surface area contributed by atoms with Gasteiger partial charge in [0, 0.05) is 29.8 Å². The molecule has 78 valence electrons. The summed E-state index contributed by atoms with van der Waals surface area (Å²) in [5.74, 6) is -2.79. The van der Waals surface area contributed by atoms with E-state index >= 15 is 0 Å². The molecule has 1 atom stereocenters. The second-order valence-corrected chi connectivity index (χ2v) is 3.95. The molecule has 5 heteroatoms. The SMILES string of the molecule is NC1(c2c[nH]c3ncccc23)CC1(F)F. The summed E-state index contributed by atoms with van der Waals surface area (Å²) in [6, 6.07) is 3.46. The third-order valence-corrected chi connectivity index (χ3v) is 2.96. The van der Waals surface area contributed by atoms with Crippen molar-refractivity contribution in [1.82, 2.24) is 9.97 Å². The Balaban J connectivity index is 2.21. The van der Waals surface area contributed by atoms with Gasteiger partial charge in [0.1, 0.15) is 11.2 Å². The van der Waals surface area contributed by atoms with Crippen LogP contribution in [-0.4, -0.2) is 15.9 Å². The Labute approximate surface area is 84.3 Å². The Hall–Kier alpha value is -1.49. The molecule has 0 aromatic carbocycles. The number of H-pyrrole nitrogens is 1. The van der Waals surface area contributed by atoms with Gasteiger partial charge in [-0.1, -0.05) is 0 Å². The molecule has 1 aliphatic rings. The molecule has 3 nitrogen and oxygen atoms in total. The average Bonchev–Trinajstić information content (AvgIpc) is 2.61. The monoisotopic (exact) mass is 209 g/mol. The lowest BCUT2D eigenvalue weighted by Gasteiger charge is -2.08. The van der Waals surface area contributed by atoms with Gasteiger partial charge >= 0.3 is 0 Å². The molecular formula is C10H9F2N3. The molecule has 2 aromatic rings. The van der Waals surface area contributed by atoms with Crippen LogP contribution in [0.1, 0.15) is 12.0 Å². The minimum absolute atomic E-state index is 0.290. The number of hydrogen-bond acceptors (Lipinski definition) is 2. The Bertz CT molecular complexity index is 534. The molecule has 3 N–H and O–H groups in total. The average molecular weight is 209 g/mol. The van der Waals surface area contributed by atoms with Crippen LogP contribution < -0.4 is 5.73 Å². The summed E-state index contributed by atoms with van der Waals surface area (Å²) in [6.45, 7) is 0. The number of nitrogens with two attached hydrogens (primary N) is 1. The fraction of sp³-hybridized carbons (Fsp3) is 0.300. The molecule has 0 aliphatic heterocycles. The van der Waals surface area contributed by atoms with Gasteiger partial charge in [0.25, 0.3) is 5.92 Å². The number of aromatic amines is 1. The normalized spacial score (nSPS) is 28.2. The smallest absolute Gasteiger partial charge is 0.272 e. The molecule has 15 heavy (non-hydrogen) atoms. The van der Waals surface area contributed by atoms with Crippen molar-refractivity contribution in [2.24, 2.45) is 5.73 Å². The molecule has 0 amide bonds. The molecule has 0 radical (unpaired) electrons. The Morgan fingerprint density at radius 1 is 1.47 bits per heavy atom. The van der Waals surface area contributed by atoms with Gasteiger partial charge in [-0.3, -0.25) is 0 Å². The largest absolute Gasteiger partial charge is 0.346 e. The number of fused-ring (bicyclic) bond motifs is 1. The Kier molecular flexibility index (Phi) is 1.38. The summed E-state index contributed by atoms with van der Waals surface area (Å²) in [6.07, 6.45) is 2.84. The maximum absolute atomic E-state index is 13.1. The van der Waals surface area contributed by atoms with Crippen LogP contribution in [0, 0.1) is 0 Å². The Morgan fingerprint density at radius 2 is 2.20 bits per heavy atom. The van der Waals surface area contributed by atoms with Crippen molar-refractivity contribution in [3.63, 3.8) is 0 Å². The number of nitrogens with zero attached hydrogens (tertiary/aromatic N) is 1. The van der Waals surface area contributed by atoms with Crippen LogP contribution in [0.15, 0.2) is 24.5 Å². The number of nitrogens with one attached hydrogen (secondary N) is 1. The van der Waals surface area contributed by atoms with Gasteiger partial charge in [0.2, 0.25) is 0 Å². The van der Waals surface area contributed by atoms with Crippen molar-refractivity contribution < 1.29 is 8.78 Å². The van der Waals surface area contributed by atoms with E-state index in [9.17, 15) is 8.78 Å². The summed E-state index contributed by atoms with van der Waals surface area (Å²) < 4.78 is 26.2.